The molecule has 0 spiro atoms. The first-order valence-corrected chi connectivity index (χ1v) is 12.9. The molecule has 0 heterocycles. The van der Waals surface area contributed by atoms with Gasteiger partial charge in [-0.1, -0.05) is 54.7 Å². The first kappa shape index (κ1) is 23.6. The zero-order valence-corrected chi connectivity index (χ0v) is 21.8. The number of ether oxygens (including phenoxy) is 2. The van der Waals surface area contributed by atoms with Gasteiger partial charge in [0, 0.05) is 12.1 Å². The zero-order chi connectivity index (χ0) is 23.4. The maximum atomic E-state index is 6.66. The summed E-state index contributed by atoms with van der Waals surface area (Å²) in [5.41, 5.74) is 3.24. The van der Waals surface area contributed by atoms with E-state index in [9.17, 15) is 0 Å². The van der Waals surface area contributed by atoms with Gasteiger partial charge >= 0.3 is 0 Å². The minimum Gasteiger partial charge on any atom is -0.493 e. The molecule has 3 nitrogen and oxygen atoms in total. The van der Waals surface area contributed by atoms with Crippen molar-refractivity contribution >= 4 is 34.8 Å². The lowest BCUT2D eigenvalue weighted by atomic mass is 9.43. The van der Waals surface area contributed by atoms with E-state index >= 15 is 0 Å². The largest absolute Gasteiger partial charge is 0.493 e. The molecule has 4 aliphatic rings. The molecule has 2 unspecified atom stereocenters. The lowest BCUT2D eigenvalue weighted by molar-refractivity contribution is -0.118. The van der Waals surface area contributed by atoms with Crippen molar-refractivity contribution in [3.63, 3.8) is 0 Å². The SMILES string of the molecule is COc1cc(CNC23CC4C[C@@](C)(C2)C[C@](C)(C4)C3)cc(Cl)c1OCc1ccc(Cl)c(Cl)c1. The molecule has 0 radical (unpaired) electrons. The number of hydrogen-bond donors (Lipinski definition) is 1. The highest BCUT2D eigenvalue weighted by atomic mass is 35.5. The van der Waals surface area contributed by atoms with Gasteiger partial charge in [0.2, 0.25) is 0 Å². The topological polar surface area (TPSA) is 30.5 Å². The van der Waals surface area contributed by atoms with Crippen molar-refractivity contribution in [2.45, 2.75) is 71.1 Å². The molecule has 4 aliphatic carbocycles. The van der Waals surface area contributed by atoms with Gasteiger partial charge in [0.1, 0.15) is 6.61 Å². The fourth-order valence-corrected chi connectivity index (χ4v) is 8.34. The minimum atomic E-state index is 0.242. The van der Waals surface area contributed by atoms with Crippen molar-refractivity contribution in [1.82, 2.24) is 5.32 Å². The van der Waals surface area contributed by atoms with Gasteiger partial charge in [-0.05, 0) is 90.7 Å². The van der Waals surface area contributed by atoms with Crippen LogP contribution in [0.2, 0.25) is 15.1 Å². The van der Waals surface area contributed by atoms with E-state index in [-0.39, 0.29) is 5.54 Å². The van der Waals surface area contributed by atoms with E-state index in [0.717, 1.165) is 23.6 Å². The monoisotopic (exact) mass is 507 g/mol. The molecule has 4 saturated carbocycles. The highest BCUT2D eigenvalue weighted by molar-refractivity contribution is 6.42. The highest BCUT2D eigenvalue weighted by Gasteiger charge is 2.59. The van der Waals surface area contributed by atoms with E-state index < -0.39 is 0 Å². The Kier molecular flexibility index (Phi) is 6.09. The van der Waals surface area contributed by atoms with Crippen molar-refractivity contribution in [3.05, 3.63) is 56.5 Å². The summed E-state index contributed by atoms with van der Waals surface area (Å²) in [6.07, 6.45) is 8.04. The lowest BCUT2D eigenvalue weighted by Crippen LogP contribution is -2.63. The summed E-state index contributed by atoms with van der Waals surface area (Å²) in [7, 11) is 1.65. The summed E-state index contributed by atoms with van der Waals surface area (Å²) in [5, 5.41) is 5.56. The Hall–Kier alpha value is -1.13. The Labute approximate surface area is 212 Å². The maximum Gasteiger partial charge on any atom is 0.180 e. The average Bonchev–Trinajstić information content (AvgIpc) is 2.71. The van der Waals surface area contributed by atoms with Crippen LogP contribution >= 0.6 is 34.8 Å². The second-order valence-electron chi connectivity index (χ2n) is 11.4. The second kappa shape index (κ2) is 8.52. The number of halogens is 3. The normalized spacial score (nSPS) is 32.2. The Morgan fingerprint density at radius 3 is 2.21 bits per heavy atom. The third-order valence-corrected chi connectivity index (χ3v) is 8.97. The van der Waals surface area contributed by atoms with Crippen LogP contribution in [0, 0.1) is 16.7 Å². The van der Waals surface area contributed by atoms with Crippen molar-refractivity contribution in [1.29, 1.82) is 0 Å². The fourth-order valence-electron chi connectivity index (χ4n) is 7.73. The number of hydrogen-bond acceptors (Lipinski definition) is 3. The number of rotatable bonds is 7. The summed E-state index contributed by atoms with van der Waals surface area (Å²) in [6, 6.07) is 9.48. The van der Waals surface area contributed by atoms with Crippen LogP contribution in [0.4, 0.5) is 0 Å². The van der Waals surface area contributed by atoms with Gasteiger partial charge < -0.3 is 14.8 Å². The molecule has 6 rings (SSSR count). The molecule has 0 aliphatic heterocycles. The molecule has 4 atom stereocenters. The molecule has 6 heteroatoms. The van der Waals surface area contributed by atoms with Crippen LogP contribution in [-0.4, -0.2) is 12.6 Å². The molecule has 0 saturated heterocycles. The standard InChI is InChI=1S/C27H32Cl3NO2/c1-25-9-19-10-26(2,14-25)16-27(11-19,15-25)31-12-18-7-22(30)24(23(8-18)32-3)33-13-17-4-5-20(28)21(29)6-17/h4-8,19,31H,9-16H2,1-3H3/t19?,25-,26+,27?. The van der Waals surface area contributed by atoms with Crippen LogP contribution in [0.5, 0.6) is 11.5 Å². The second-order valence-corrected chi connectivity index (χ2v) is 12.6. The predicted molar refractivity (Wildman–Crippen MR) is 136 cm³/mol. The van der Waals surface area contributed by atoms with Crippen molar-refractivity contribution in [3.8, 4) is 11.5 Å². The van der Waals surface area contributed by atoms with Gasteiger partial charge in [-0.25, -0.2) is 0 Å². The predicted octanol–water partition coefficient (Wildman–Crippen LogP) is 8.07. The van der Waals surface area contributed by atoms with Gasteiger partial charge in [0.25, 0.3) is 0 Å². The van der Waals surface area contributed by atoms with Crippen LogP contribution < -0.4 is 14.8 Å². The van der Waals surface area contributed by atoms with Gasteiger partial charge in [-0.2, -0.15) is 0 Å². The van der Waals surface area contributed by atoms with Crippen LogP contribution in [0.3, 0.4) is 0 Å². The van der Waals surface area contributed by atoms with E-state index in [1.54, 1.807) is 19.2 Å². The summed E-state index contributed by atoms with van der Waals surface area (Å²) in [5.74, 6) is 2.05. The van der Waals surface area contributed by atoms with E-state index in [2.05, 4.69) is 19.2 Å². The van der Waals surface area contributed by atoms with Crippen LogP contribution in [0.25, 0.3) is 0 Å². The smallest absolute Gasteiger partial charge is 0.180 e. The molecular formula is C27H32Cl3NO2. The molecule has 33 heavy (non-hydrogen) atoms. The Morgan fingerprint density at radius 2 is 1.58 bits per heavy atom. The third-order valence-electron chi connectivity index (χ3n) is 7.95. The van der Waals surface area contributed by atoms with Gasteiger partial charge in [0.15, 0.2) is 11.5 Å². The molecule has 178 valence electrons. The van der Waals surface area contributed by atoms with Crippen LogP contribution in [-0.2, 0) is 13.2 Å². The Morgan fingerprint density at radius 1 is 0.879 bits per heavy atom. The zero-order valence-electron chi connectivity index (χ0n) is 19.6. The first-order valence-electron chi connectivity index (χ1n) is 11.8. The molecule has 0 aromatic heterocycles. The van der Waals surface area contributed by atoms with Crippen molar-refractivity contribution < 1.29 is 9.47 Å². The molecule has 4 fully saturated rings. The number of methoxy groups -OCH3 is 1. The van der Waals surface area contributed by atoms with Gasteiger partial charge in [-0.15, -0.1) is 0 Å². The average molecular weight is 509 g/mol. The van der Waals surface area contributed by atoms with E-state index in [1.165, 1.54) is 38.5 Å². The van der Waals surface area contributed by atoms with Gasteiger partial charge in [-0.3, -0.25) is 0 Å². The van der Waals surface area contributed by atoms with Crippen LogP contribution in [0.15, 0.2) is 30.3 Å². The Bertz CT molecular complexity index is 1050. The lowest BCUT2D eigenvalue weighted by Gasteiger charge is -2.65. The summed E-state index contributed by atoms with van der Waals surface area (Å²) < 4.78 is 11.7. The highest BCUT2D eigenvalue weighted by Crippen LogP contribution is 2.66. The maximum absolute atomic E-state index is 6.66. The van der Waals surface area contributed by atoms with Crippen molar-refractivity contribution in [2.75, 3.05) is 7.11 Å². The summed E-state index contributed by atoms with van der Waals surface area (Å²) in [4.78, 5) is 0. The molecule has 2 aromatic rings. The number of nitrogens with one attached hydrogen (secondary N) is 1. The summed E-state index contributed by atoms with van der Waals surface area (Å²) in [6.45, 7) is 6.12. The van der Waals surface area contributed by atoms with Crippen molar-refractivity contribution in [2.24, 2.45) is 16.7 Å². The third kappa shape index (κ3) is 4.72. The van der Waals surface area contributed by atoms with E-state index in [1.807, 2.05) is 18.2 Å². The molecule has 4 bridgehead atoms. The quantitative estimate of drug-likeness (QED) is 0.410. The molecule has 1 N–H and O–H groups in total. The Balaban J connectivity index is 1.30. The number of benzene rings is 2. The first-order chi connectivity index (χ1) is 15.6. The van der Waals surface area contributed by atoms with E-state index in [0.29, 0.717) is 44.0 Å². The fraction of sp³-hybridized carbons (Fsp3) is 0.556. The minimum absolute atomic E-state index is 0.242. The molecule has 2 aromatic carbocycles. The molecular weight excluding hydrogens is 477 g/mol. The molecule has 0 amide bonds. The summed E-state index contributed by atoms with van der Waals surface area (Å²) >= 11 is 18.8. The van der Waals surface area contributed by atoms with Gasteiger partial charge in [0.05, 0.1) is 22.2 Å². The van der Waals surface area contributed by atoms with E-state index in [4.69, 9.17) is 44.3 Å². The van der Waals surface area contributed by atoms with Crippen LogP contribution in [0.1, 0.15) is 63.5 Å².